The number of para-hydroxylation sites is 2. The van der Waals surface area contributed by atoms with Crippen LogP contribution in [0.4, 0.5) is 11.4 Å². The van der Waals surface area contributed by atoms with Gasteiger partial charge in [0, 0.05) is 48.8 Å². The number of aromatic nitrogens is 1. The van der Waals surface area contributed by atoms with Crippen LogP contribution in [-0.2, 0) is 0 Å². The minimum absolute atomic E-state index is 0.237. The topological polar surface area (TPSA) is 21.3 Å². The van der Waals surface area contributed by atoms with Gasteiger partial charge in [0.05, 0.1) is 16.7 Å². The molecule has 2 heterocycles. The smallest absolute Gasteiger partial charge is 0.154 e. The molecule has 4 heteroatoms. The Labute approximate surface area is 361 Å². The fourth-order valence-electron chi connectivity index (χ4n) is 9.44. The molecule has 2 aliphatic carbocycles. The van der Waals surface area contributed by atoms with Crippen molar-refractivity contribution in [2.45, 2.75) is 31.1 Å². The number of furan rings is 1. The van der Waals surface area contributed by atoms with Crippen molar-refractivity contribution in [3.05, 3.63) is 217 Å². The van der Waals surface area contributed by atoms with Crippen LogP contribution in [0.3, 0.4) is 0 Å². The van der Waals surface area contributed by atoms with Crippen molar-refractivity contribution < 1.29 is 4.42 Å². The maximum absolute atomic E-state index is 6.59. The van der Waals surface area contributed by atoms with Crippen LogP contribution < -0.4 is 15.5 Å². The summed E-state index contributed by atoms with van der Waals surface area (Å²) in [4.78, 5) is 3.32. The van der Waals surface area contributed by atoms with Gasteiger partial charge >= 0.3 is 0 Å². The van der Waals surface area contributed by atoms with E-state index in [1.54, 1.807) is 0 Å². The number of nitrogens with zero attached hydrogens (tertiary/aromatic N) is 2. The van der Waals surface area contributed by atoms with Crippen molar-refractivity contribution >= 4 is 74.1 Å². The second-order valence-electron chi connectivity index (χ2n) is 16.5. The SMILES string of the molecule is C=C(c1ccccc1S)C1(C)C=CC(N(c2ccc(-c3ccccc3)cc2)c2ccc(-c3ccc4c(c3)c3ccccc3n4C3=c4oc5ccccc5c4=CCC3)cc2)=CC1. The first-order valence-corrected chi connectivity index (χ1v) is 21.6. The molecule has 0 saturated carbocycles. The van der Waals surface area contributed by atoms with E-state index in [2.05, 4.69) is 205 Å². The van der Waals surface area contributed by atoms with Gasteiger partial charge in [-0.3, -0.25) is 0 Å². The zero-order valence-electron chi connectivity index (χ0n) is 34.1. The minimum atomic E-state index is -0.237. The van der Waals surface area contributed by atoms with Crippen molar-refractivity contribution in [1.29, 1.82) is 0 Å². The monoisotopic (exact) mass is 804 g/mol. The number of thiol groups is 1. The molecule has 2 aromatic heterocycles. The van der Waals surface area contributed by atoms with Gasteiger partial charge in [-0.25, -0.2) is 0 Å². The lowest BCUT2D eigenvalue weighted by molar-refractivity contribution is 0.564. The Morgan fingerprint density at radius 1 is 0.639 bits per heavy atom. The summed E-state index contributed by atoms with van der Waals surface area (Å²) in [6.07, 6.45) is 12.0. The maximum atomic E-state index is 6.59. The number of rotatable bonds is 8. The van der Waals surface area contributed by atoms with Gasteiger partial charge in [0.2, 0.25) is 0 Å². The number of hydrogen-bond donors (Lipinski definition) is 1. The molecule has 61 heavy (non-hydrogen) atoms. The third-order valence-corrected chi connectivity index (χ3v) is 13.2. The molecule has 0 spiro atoms. The van der Waals surface area contributed by atoms with Crippen LogP contribution in [0.25, 0.3) is 72.4 Å². The zero-order chi connectivity index (χ0) is 41.1. The summed E-state index contributed by atoms with van der Waals surface area (Å²) >= 11 is 4.77. The van der Waals surface area contributed by atoms with Gasteiger partial charge in [-0.15, -0.1) is 12.6 Å². The number of fused-ring (bicyclic) bond motifs is 6. The molecule has 0 radical (unpaired) electrons. The predicted molar refractivity (Wildman–Crippen MR) is 260 cm³/mol. The second-order valence-corrected chi connectivity index (χ2v) is 17.0. The predicted octanol–water partition coefficient (Wildman–Crippen LogP) is 14.1. The summed E-state index contributed by atoms with van der Waals surface area (Å²) in [6, 6.07) is 60.8. The van der Waals surface area contributed by atoms with E-state index in [1.165, 1.54) is 60.4 Å². The molecule has 7 aromatic carbocycles. The third kappa shape index (κ3) is 6.38. The number of hydrogen-bond acceptors (Lipinski definition) is 3. The van der Waals surface area contributed by atoms with Crippen molar-refractivity contribution in [2.75, 3.05) is 4.90 Å². The molecule has 294 valence electrons. The molecule has 1 atom stereocenters. The Hall–Kier alpha value is -7.01. The Bertz CT molecular complexity index is 3370. The molecule has 0 fully saturated rings. The molecule has 0 aliphatic heterocycles. The first-order chi connectivity index (χ1) is 29.9. The van der Waals surface area contributed by atoms with E-state index in [0.29, 0.717) is 0 Å². The van der Waals surface area contributed by atoms with E-state index >= 15 is 0 Å². The van der Waals surface area contributed by atoms with Crippen LogP contribution >= 0.6 is 12.6 Å². The summed E-state index contributed by atoms with van der Waals surface area (Å²) in [6.45, 7) is 6.84. The van der Waals surface area contributed by atoms with Gasteiger partial charge in [0.25, 0.3) is 0 Å². The van der Waals surface area contributed by atoms with Crippen LogP contribution in [0.15, 0.2) is 210 Å². The van der Waals surface area contributed by atoms with Crippen LogP contribution in [0.2, 0.25) is 0 Å². The highest BCUT2D eigenvalue weighted by Gasteiger charge is 2.30. The highest BCUT2D eigenvalue weighted by Crippen LogP contribution is 2.45. The number of allylic oxidation sites excluding steroid dienone is 4. The molecule has 2 aliphatic rings. The first kappa shape index (κ1) is 37.0. The summed E-state index contributed by atoms with van der Waals surface area (Å²) in [5, 5.41) is 4.86. The molecule has 3 nitrogen and oxygen atoms in total. The standard InChI is InChI=1S/C57H44N2OS/c1-38(46-15-8-11-22-55(46)61)57(2)35-33-45(34-36-57)58(43-28-23-40(24-29-43)39-13-4-3-5-14-39)44-30-25-41(26-31-44)42-27-32-52-50(37-42)47-16-6-9-19-51(47)59(52)53-20-12-18-49-48-17-7-10-21-54(48)60-56(49)53/h3-11,13-19,21-35,37,61H,1,12,20,36H2,2H3. The Morgan fingerprint density at radius 2 is 1.26 bits per heavy atom. The van der Waals surface area contributed by atoms with E-state index in [4.69, 9.17) is 17.0 Å². The lowest BCUT2D eigenvalue weighted by Crippen LogP contribution is -2.28. The van der Waals surface area contributed by atoms with Crippen LogP contribution in [0, 0.1) is 5.41 Å². The van der Waals surface area contributed by atoms with Crippen LogP contribution in [-0.4, -0.2) is 4.57 Å². The van der Waals surface area contributed by atoms with Crippen molar-refractivity contribution in [1.82, 2.24) is 4.57 Å². The fourth-order valence-corrected chi connectivity index (χ4v) is 9.73. The largest absolute Gasteiger partial charge is 0.454 e. The molecular weight excluding hydrogens is 761 g/mol. The second kappa shape index (κ2) is 14.9. The summed E-state index contributed by atoms with van der Waals surface area (Å²) in [7, 11) is 0. The number of benzene rings is 7. The van der Waals surface area contributed by atoms with Gasteiger partial charge in [-0.1, -0.05) is 147 Å². The Morgan fingerprint density at radius 3 is 2.00 bits per heavy atom. The summed E-state index contributed by atoms with van der Waals surface area (Å²) in [5.74, 6) is 0. The molecule has 0 amide bonds. The molecule has 0 bridgehead atoms. The van der Waals surface area contributed by atoms with Crippen LogP contribution in [0.1, 0.15) is 31.7 Å². The van der Waals surface area contributed by atoms with Gasteiger partial charge in [-0.05, 0) is 113 Å². The number of anilines is 2. The average molecular weight is 805 g/mol. The van der Waals surface area contributed by atoms with E-state index in [1.807, 2.05) is 12.1 Å². The lowest BCUT2D eigenvalue weighted by atomic mass is 9.74. The first-order valence-electron chi connectivity index (χ1n) is 21.1. The molecule has 11 rings (SSSR count). The molecule has 9 aromatic rings. The fraction of sp³-hybridized carbons (Fsp3) is 0.0877. The molecular formula is C57H44N2OS. The third-order valence-electron chi connectivity index (χ3n) is 12.8. The summed E-state index contributed by atoms with van der Waals surface area (Å²) in [5.41, 5.74) is 15.5. The van der Waals surface area contributed by atoms with Gasteiger partial charge in [0.1, 0.15) is 5.58 Å². The Kier molecular flexibility index (Phi) is 9.05. The van der Waals surface area contributed by atoms with Crippen LogP contribution in [0.5, 0.6) is 0 Å². The van der Waals surface area contributed by atoms with Crippen molar-refractivity contribution in [3.63, 3.8) is 0 Å². The van der Waals surface area contributed by atoms with E-state index in [0.717, 1.165) is 63.4 Å². The van der Waals surface area contributed by atoms with E-state index in [9.17, 15) is 0 Å². The van der Waals surface area contributed by atoms with Gasteiger partial charge < -0.3 is 13.9 Å². The van der Waals surface area contributed by atoms with E-state index < -0.39 is 0 Å². The van der Waals surface area contributed by atoms with Gasteiger partial charge in [0.15, 0.2) is 5.42 Å². The normalized spacial score (nSPS) is 16.1. The quantitative estimate of drug-likeness (QED) is 0.155. The lowest BCUT2D eigenvalue weighted by Gasteiger charge is -2.34. The highest BCUT2D eigenvalue weighted by molar-refractivity contribution is 7.80. The average Bonchev–Trinajstić information content (AvgIpc) is 3.86. The Balaban J connectivity index is 0.970. The summed E-state index contributed by atoms with van der Waals surface area (Å²) < 4.78 is 9.03. The minimum Gasteiger partial charge on any atom is -0.454 e. The van der Waals surface area contributed by atoms with Crippen molar-refractivity contribution in [2.24, 2.45) is 5.41 Å². The van der Waals surface area contributed by atoms with E-state index in [-0.39, 0.29) is 5.41 Å². The maximum Gasteiger partial charge on any atom is 0.154 e. The molecule has 0 N–H and O–H groups in total. The van der Waals surface area contributed by atoms with Gasteiger partial charge in [-0.2, -0.15) is 0 Å². The molecule has 1 unspecified atom stereocenters. The zero-order valence-corrected chi connectivity index (χ0v) is 34.9. The van der Waals surface area contributed by atoms with Crippen molar-refractivity contribution in [3.8, 4) is 22.3 Å². The molecule has 0 saturated heterocycles. The highest BCUT2D eigenvalue weighted by atomic mass is 32.1.